The van der Waals surface area contributed by atoms with Crippen molar-refractivity contribution in [3.63, 3.8) is 0 Å². The highest BCUT2D eigenvalue weighted by atomic mass is 16.5. The fourth-order valence-electron chi connectivity index (χ4n) is 2.65. The van der Waals surface area contributed by atoms with Crippen molar-refractivity contribution in [1.82, 2.24) is 10.2 Å². The topological polar surface area (TPSA) is 41.6 Å². The Bertz CT molecular complexity index is 473. The first-order chi connectivity index (χ1) is 8.78. The van der Waals surface area contributed by atoms with Crippen molar-refractivity contribution in [1.29, 1.82) is 0 Å². The van der Waals surface area contributed by atoms with E-state index in [1.807, 2.05) is 17.9 Å². The fraction of sp³-hybridized carbons (Fsp3) is 0.500. The lowest BCUT2D eigenvalue weighted by atomic mass is 9.99. The van der Waals surface area contributed by atoms with Gasteiger partial charge in [-0.25, -0.2) is 4.79 Å². The van der Waals surface area contributed by atoms with Crippen LogP contribution in [-0.2, 0) is 6.42 Å². The molecule has 4 nitrogen and oxygen atoms in total. The quantitative estimate of drug-likeness (QED) is 0.868. The van der Waals surface area contributed by atoms with Gasteiger partial charge < -0.3 is 15.0 Å². The number of carbonyl (C=O) groups excluding carboxylic acids is 1. The molecule has 2 amide bonds. The van der Waals surface area contributed by atoms with Crippen molar-refractivity contribution in [2.24, 2.45) is 0 Å². The van der Waals surface area contributed by atoms with E-state index in [4.69, 9.17) is 4.74 Å². The number of aryl methyl sites for hydroxylation is 1. The SMILES string of the molecule is CCN1CC(c2ccc3c(c2)CCCO3)NC1=O. The van der Waals surface area contributed by atoms with E-state index in [0.717, 1.165) is 38.3 Å². The summed E-state index contributed by atoms with van der Waals surface area (Å²) in [6.07, 6.45) is 2.15. The molecule has 2 aliphatic rings. The summed E-state index contributed by atoms with van der Waals surface area (Å²) >= 11 is 0. The predicted molar refractivity (Wildman–Crippen MR) is 68.8 cm³/mol. The van der Waals surface area contributed by atoms with Gasteiger partial charge in [-0.1, -0.05) is 6.07 Å². The number of hydrogen-bond acceptors (Lipinski definition) is 2. The first kappa shape index (κ1) is 11.4. The van der Waals surface area contributed by atoms with Gasteiger partial charge in [0.1, 0.15) is 5.75 Å². The van der Waals surface area contributed by atoms with Crippen molar-refractivity contribution < 1.29 is 9.53 Å². The molecule has 0 bridgehead atoms. The molecule has 0 saturated carbocycles. The summed E-state index contributed by atoms with van der Waals surface area (Å²) in [5.41, 5.74) is 2.45. The number of fused-ring (bicyclic) bond motifs is 1. The van der Waals surface area contributed by atoms with Crippen LogP contribution in [0.2, 0.25) is 0 Å². The Morgan fingerprint density at radius 2 is 2.39 bits per heavy atom. The summed E-state index contributed by atoms with van der Waals surface area (Å²) in [7, 11) is 0. The lowest BCUT2D eigenvalue weighted by Gasteiger charge is -2.19. The van der Waals surface area contributed by atoms with E-state index in [2.05, 4.69) is 17.4 Å². The van der Waals surface area contributed by atoms with Gasteiger partial charge in [0.05, 0.1) is 12.6 Å². The third-order valence-electron chi connectivity index (χ3n) is 3.70. The molecule has 0 aliphatic carbocycles. The van der Waals surface area contributed by atoms with Crippen LogP contribution in [0.15, 0.2) is 18.2 Å². The van der Waals surface area contributed by atoms with Crippen LogP contribution < -0.4 is 10.1 Å². The molecule has 96 valence electrons. The zero-order valence-corrected chi connectivity index (χ0v) is 10.6. The minimum Gasteiger partial charge on any atom is -0.493 e. The number of amides is 2. The Morgan fingerprint density at radius 1 is 1.50 bits per heavy atom. The number of carbonyl (C=O) groups is 1. The summed E-state index contributed by atoms with van der Waals surface area (Å²) in [6, 6.07) is 6.43. The van der Waals surface area contributed by atoms with Gasteiger partial charge in [-0.15, -0.1) is 0 Å². The molecule has 2 aliphatic heterocycles. The number of benzene rings is 1. The Hall–Kier alpha value is -1.71. The number of hydrogen-bond donors (Lipinski definition) is 1. The monoisotopic (exact) mass is 246 g/mol. The first-order valence-electron chi connectivity index (χ1n) is 6.59. The lowest BCUT2D eigenvalue weighted by Crippen LogP contribution is -2.27. The lowest BCUT2D eigenvalue weighted by molar-refractivity contribution is 0.219. The maximum atomic E-state index is 11.7. The Morgan fingerprint density at radius 3 is 3.17 bits per heavy atom. The largest absolute Gasteiger partial charge is 0.493 e. The van der Waals surface area contributed by atoms with Crippen LogP contribution in [0.1, 0.15) is 30.5 Å². The Labute approximate surface area is 107 Å². The number of likely N-dealkylation sites (N-methyl/N-ethyl adjacent to an activating group) is 1. The molecule has 1 aromatic rings. The van der Waals surface area contributed by atoms with Gasteiger partial charge in [0.2, 0.25) is 0 Å². The standard InChI is InChI=1S/C14H18N2O2/c1-2-16-9-12(15-14(16)17)10-5-6-13-11(8-10)4-3-7-18-13/h5-6,8,12H,2-4,7,9H2,1H3,(H,15,17). The van der Waals surface area contributed by atoms with E-state index in [1.54, 1.807) is 0 Å². The van der Waals surface area contributed by atoms with Crippen LogP contribution in [0, 0.1) is 0 Å². The zero-order chi connectivity index (χ0) is 12.5. The van der Waals surface area contributed by atoms with E-state index < -0.39 is 0 Å². The number of rotatable bonds is 2. The summed E-state index contributed by atoms with van der Waals surface area (Å²) in [5.74, 6) is 1.00. The second-order valence-corrected chi connectivity index (χ2v) is 4.86. The molecule has 1 N–H and O–H groups in total. The van der Waals surface area contributed by atoms with Crippen molar-refractivity contribution >= 4 is 6.03 Å². The molecule has 1 unspecified atom stereocenters. The van der Waals surface area contributed by atoms with Gasteiger partial charge >= 0.3 is 6.03 Å². The number of nitrogens with one attached hydrogen (secondary N) is 1. The van der Waals surface area contributed by atoms with Crippen LogP contribution in [0.5, 0.6) is 5.75 Å². The predicted octanol–water partition coefficient (Wildman–Crippen LogP) is 2.10. The smallest absolute Gasteiger partial charge is 0.318 e. The molecule has 1 fully saturated rings. The van der Waals surface area contributed by atoms with Crippen molar-refractivity contribution in [3.05, 3.63) is 29.3 Å². The molecule has 1 saturated heterocycles. The number of nitrogens with zero attached hydrogens (tertiary/aromatic N) is 1. The molecule has 2 heterocycles. The maximum absolute atomic E-state index is 11.7. The number of ether oxygens (including phenoxy) is 1. The molecule has 18 heavy (non-hydrogen) atoms. The van der Waals surface area contributed by atoms with Gasteiger partial charge in [-0.2, -0.15) is 0 Å². The molecule has 1 aromatic carbocycles. The van der Waals surface area contributed by atoms with Gasteiger partial charge in [-0.05, 0) is 43.0 Å². The average Bonchev–Trinajstić information content (AvgIpc) is 2.79. The van der Waals surface area contributed by atoms with Gasteiger partial charge in [0.15, 0.2) is 0 Å². The Kier molecular flexibility index (Phi) is 2.86. The van der Waals surface area contributed by atoms with E-state index in [1.165, 1.54) is 11.1 Å². The van der Waals surface area contributed by atoms with Crippen LogP contribution >= 0.6 is 0 Å². The minimum atomic E-state index is 0.0384. The highest BCUT2D eigenvalue weighted by Gasteiger charge is 2.28. The van der Waals surface area contributed by atoms with Crippen molar-refractivity contribution in [2.45, 2.75) is 25.8 Å². The van der Waals surface area contributed by atoms with E-state index in [-0.39, 0.29) is 12.1 Å². The van der Waals surface area contributed by atoms with E-state index >= 15 is 0 Å². The second kappa shape index (κ2) is 4.52. The number of urea groups is 1. The maximum Gasteiger partial charge on any atom is 0.318 e. The Balaban J connectivity index is 1.83. The average molecular weight is 246 g/mol. The molecule has 0 spiro atoms. The minimum absolute atomic E-state index is 0.0384. The van der Waals surface area contributed by atoms with Crippen LogP contribution in [0.3, 0.4) is 0 Å². The first-order valence-corrected chi connectivity index (χ1v) is 6.59. The molecule has 3 rings (SSSR count). The van der Waals surface area contributed by atoms with E-state index in [0.29, 0.717) is 0 Å². The summed E-state index contributed by atoms with van der Waals surface area (Å²) < 4.78 is 5.61. The van der Waals surface area contributed by atoms with Crippen LogP contribution in [0.25, 0.3) is 0 Å². The van der Waals surface area contributed by atoms with Gasteiger partial charge in [0.25, 0.3) is 0 Å². The highest BCUT2D eigenvalue weighted by molar-refractivity contribution is 5.77. The van der Waals surface area contributed by atoms with Crippen LogP contribution in [-0.4, -0.2) is 30.6 Å². The summed E-state index contributed by atoms with van der Waals surface area (Å²) in [5, 5.41) is 3.02. The normalized spacial score (nSPS) is 22.4. The van der Waals surface area contributed by atoms with Crippen molar-refractivity contribution in [3.8, 4) is 5.75 Å². The molecule has 0 radical (unpaired) electrons. The molecular formula is C14H18N2O2. The fourth-order valence-corrected chi connectivity index (χ4v) is 2.65. The highest BCUT2D eigenvalue weighted by Crippen LogP contribution is 2.29. The third kappa shape index (κ3) is 1.92. The molecule has 1 atom stereocenters. The molecule has 4 heteroatoms. The third-order valence-corrected chi connectivity index (χ3v) is 3.70. The van der Waals surface area contributed by atoms with Crippen molar-refractivity contribution in [2.75, 3.05) is 19.7 Å². The zero-order valence-electron chi connectivity index (χ0n) is 10.6. The summed E-state index contributed by atoms with van der Waals surface area (Å²) in [4.78, 5) is 13.5. The molecule has 0 aromatic heterocycles. The van der Waals surface area contributed by atoms with Crippen LogP contribution in [0.4, 0.5) is 4.79 Å². The van der Waals surface area contributed by atoms with Gasteiger partial charge in [-0.3, -0.25) is 0 Å². The van der Waals surface area contributed by atoms with E-state index in [9.17, 15) is 4.79 Å². The molecular weight excluding hydrogens is 228 g/mol. The second-order valence-electron chi connectivity index (χ2n) is 4.86. The van der Waals surface area contributed by atoms with Gasteiger partial charge in [0, 0.05) is 13.1 Å². The summed E-state index contributed by atoms with van der Waals surface area (Å²) in [6.45, 7) is 4.34.